The number of rotatable bonds is 1. The minimum absolute atomic E-state index is 0.0429. The average Bonchev–Trinajstić information content (AvgIpc) is 3.88. The van der Waals surface area contributed by atoms with Crippen molar-refractivity contribution in [2.75, 3.05) is 4.90 Å². The molecule has 274 valence electrons. The van der Waals surface area contributed by atoms with Crippen LogP contribution in [0.15, 0.2) is 188 Å². The third-order valence-electron chi connectivity index (χ3n) is 13.9. The Morgan fingerprint density at radius 3 is 1.57 bits per heavy atom. The van der Waals surface area contributed by atoms with Gasteiger partial charge in [0.25, 0.3) is 6.71 Å². The van der Waals surface area contributed by atoms with Crippen LogP contribution < -0.4 is 20.6 Å². The predicted octanol–water partition coefficient (Wildman–Crippen LogP) is 13.5. The van der Waals surface area contributed by atoms with Gasteiger partial charge in [0, 0.05) is 53.5 Å². The predicted molar refractivity (Wildman–Crippen MR) is 261 cm³/mol. The van der Waals surface area contributed by atoms with Crippen LogP contribution in [0, 0.1) is 0 Å². The van der Waals surface area contributed by atoms with Crippen LogP contribution in [-0.4, -0.2) is 11.3 Å². The lowest BCUT2D eigenvalue weighted by atomic mass is 9.36. The summed E-state index contributed by atoms with van der Waals surface area (Å²) >= 11 is 1.97. The molecule has 0 amide bonds. The number of thiophene rings is 1. The Balaban J connectivity index is 1.25. The van der Waals surface area contributed by atoms with Crippen LogP contribution in [0.3, 0.4) is 0 Å². The van der Waals surface area contributed by atoms with Crippen LogP contribution in [-0.2, 0) is 0 Å². The van der Waals surface area contributed by atoms with Crippen LogP contribution in [0.4, 0.5) is 17.1 Å². The van der Waals surface area contributed by atoms with Gasteiger partial charge in [0.2, 0.25) is 0 Å². The standard InChI is InChI=1S/C56H31BN2S/c1-2-15-32(16-3-1)58-46-26-14-27-47-53(46)57(56-54(58)42-25-12-13-28-48(42)60-56)44-31-43-38-22-7-5-18-34(38)36-20-9-11-24-40(36)50(43)52-51-45(59(47)55(44)52)30-29-41-37-21-6-4-17-33(37)35-19-8-10-23-39(35)49(41)51/h1-31H. The van der Waals surface area contributed by atoms with Crippen molar-refractivity contribution in [1.82, 2.24) is 4.57 Å². The number of para-hydroxylation sites is 1. The molecule has 0 bridgehead atoms. The maximum atomic E-state index is 2.66. The zero-order valence-corrected chi connectivity index (χ0v) is 33.1. The fourth-order valence-corrected chi connectivity index (χ4v) is 13.0. The van der Waals surface area contributed by atoms with E-state index in [9.17, 15) is 0 Å². The van der Waals surface area contributed by atoms with Gasteiger partial charge in [-0.1, -0.05) is 152 Å². The number of hydrogen-bond acceptors (Lipinski definition) is 2. The molecule has 60 heavy (non-hydrogen) atoms. The van der Waals surface area contributed by atoms with Crippen LogP contribution in [0.25, 0.3) is 102 Å². The molecule has 15 rings (SSSR count). The van der Waals surface area contributed by atoms with E-state index in [-0.39, 0.29) is 6.71 Å². The van der Waals surface area contributed by atoms with Gasteiger partial charge in [-0.25, -0.2) is 0 Å². The van der Waals surface area contributed by atoms with Gasteiger partial charge < -0.3 is 9.47 Å². The molecular weight excluding hydrogens is 744 g/mol. The zero-order valence-electron chi connectivity index (χ0n) is 32.3. The lowest BCUT2D eigenvalue weighted by Crippen LogP contribution is -2.59. The Kier molecular flexibility index (Phi) is 5.90. The number of nitrogens with zero attached hydrogens (tertiary/aromatic N) is 2. The molecule has 0 saturated carbocycles. The van der Waals surface area contributed by atoms with Crippen LogP contribution in [0.2, 0.25) is 0 Å². The summed E-state index contributed by atoms with van der Waals surface area (Å²) in [6.45, 7) is 0.0429. The molecule has 2 aliphatic rings. The highest BCUT2D eigenvalue weighted by atomic mass is 32.1. The highest BCUT2D eigenvalue weighted by molar-refractivity contribution is 7.33. The molecule has 4 heterocycles. The SMILES string of the molecule is c1ccc(N2c3cccc4c3B(c3sc5ccccc5c32)c2cc3c5ccccc5c5ccccc5c3c3c5c6c7ccccc7c7ccccc7c6ccc5n-4c23)cc1. The minimum atomic E-state index is 0.0429. The second kappa shape index (κ2) is 11.2. The molecule has 2 aliphatic heterocycles. The van der Waals surface area contributed by atoms with E-state index in [1.54, 1.807) is 0 Å². The molecule has 0 radical (unpaired) electrons. The van der Waals surface area contributed by atoms with Gasteiger partial charge in [-0.3, -0.25) is 0 Å². The first kappa shape index (κ1) is 31.6. The first-order valence-corrected chi connectivity index (χ1v) is 21.7. The van der Waals surface area contributed by atoms with E-state index in [2.05, 4.69) is 198 Å². The molecular formula is C56H31BN2S. The molecule has 0 atom stereocenters. The van der Waals surface area contributed by atoms with Crippen molar-refractivity contribution < 1.29 is 0 Å². The zero-order chi connectivity index (χ0) is 38.8. The Hall–Kier alpha value is -7.40. The Bertz CT molecular complexity index is 4050. The summed E-state index contributed by atoms with van der Waals surface area (Å²) in [7, 11) is 0. The summed E-state index contributed by atoms with van der Waals surface area (Å²) in [5, 5.41) is 19.7. The Labute approximate surface area is 348 Å². The summed E-state index contributed by atoms with van der Waals surface area (Å²) in [5.41, 5.74) is 10.3. The van der Waals surface area contributed by atoms with E-state index < -0.39 is 0 Å². The monoisotopic (exact) mass is 774 g/mol. The third-order valence-corrected chi connectivity index (χ3v) is 15.1. The van der Waals surface area contributed by atoms with Crippen molar-refractivity contribution in [3.05, 3.63) is 188 Å². The van der Waals surface area contributed by atoms with E-state index in [0.717, 1.165) is 0 Å². The summed E-state index contributed by atoms with van der Waals surface area (Å²) < 4.78 is 5.38. The minimum Gasteiger partial charge on any atom is -0.310 e. The maximum Gasteiger partial charge on any atom is 0.264 e. The molecule has 0 aliphatic carbocycles. The fraction of sp³-hybridized carbons (Fsp3) is 0. The summed E-state index contributed by atoms with van der Waals surface area (Å²) in [6.07, 6.45) is 0. The van der Waals surface area contributed by atoms with Gasteiger partial charge in [0.1, 0.15) is 0 Å². The summed E-state index contributed by atoms with van der Waals surface area (Å²) in [4.78, 5) is 2.55. The molecule has 0 spiro atoms. The van der Waals surface area contributed by atoms with Gasteiger partial charge in [0.15, 0.2) is 0 Å². The van der Waals surface area contributed by atoms with Gasteiger partial charge in [-0.15, -0.1) is 11.3 Å². The lowest BCUT2D eigenvalue weighted by Gasteiger charge is -2.39. The lowest BCUT2D eigenvalue weighted by molar-refractivity contribution is 1.18. The highest BCUT2D eigenvalue weighted by Gasteiger charge is 2.44. The van der Waals surface area contributed by atoms with Crippen molar-refractivity contribution in [3.8, 4) is 5.69 Å². The Morgan fingerprint density at radius 2 is 0.900 bits per heavy atom. The molecule has 2 nitrogen and oxygen atoms in total. The maximum absolute atomic E-state index is 2.66. The molecule has 13 aromatic rings. The molecule has 0 fully saturated rings. The van der Waals surface area contributed by atoms with Crippen LogP contribution >= 0.6 is 11.3 Å². The summed E-state index contributed by atoms with van der Waals surface area (Å²) in [6, 6.07) is 70.8. The first-order chi connectivity index (χ1) is 29.8. The largest absolute Gasteiger partial charge is 0.310 e. The van der Waals surface area contributed by atoms with E-state index in [1.807, 2.05) is 11.3 Å². The van der Waals surface area contributed by atoms with Crippen molar-refractivity contribution >= 4 is 147 Å². The molecule has 11 aromatic carbocycles. The fourth-order valence-electron chi connectivity index (χ4n) is 11.7. The van der Waals surface area contributed by atoms with Crippen LogP contribution in [0.5, 0.6) is 0 Å². The number of fused-ring (bicyclic) bond motifs is 23. The van der Waals surface area contributed by atoms with Crippen molar-refractivity contribution in [2.24, 2.45) is 0 Å². The number of benzene rings is 11. The number of hydrogen-bond donors (Lipinski definition) is 0. The smallest absolute Gasteiger partial charge is 0.264 e. The first-order valence-electron chi connectivity index (χ1n) is 20.9. The van der Waals surface area contributed by atoms with Gasteiger partial charge in [-0.2, -0.15) is 0 Å². The second-order valence-electron chi connectivity index (χ2n) is 16.6. The molecule has 0 saturated heterocycles. The highest BCUT2D eigenvalue weighted by Crippen LogP contribution is 2.51. The molecule has 0 unspecified atom stereocenters. The summed E-state index contributed by atoms with van der Waals surface area (Å²) in [5.74, 6) is 0. The van der Waals surface area contributed by atoms with Gasteiger partial charge in [-0.05, 0) is 101 Å². The Morgan fingerprint density at radius 1 is 0.383 bits per heavy atom. The third kappa shape index (κ3) is 3.73. The number of anilines is 3. The van der Waals surface area contributed by atoms with E-state index >= 15 is 0 Å². The van der Waals surface area contributed by atoms with Gasteiger partial charge >= 0.3 is 0 Å². The topological polar surface area (TPSA) is 8.17 Å². The van der Waals surface area contributed by atoms with Crippen molar-refractivity contribution in [3.63, 3.8) is 0 Å². The molecule has 4 heteroatoms. The van der Waals surface area contributed by atoms with E-state index in [0.29, 0.717) is 0 Å². The normalized spacial score (nSPS) is 13.3. The van der Waals surface area contributed by atoms with Crippen molar-refractivity contribution in [1.29, 1.82) is 0 Å². The van der Waals surface area contributed by atoms with E-state index in [1.165, 1.54) is 135 Å². The van der Waals surface area contributed by atoms with E-state index in [4.69, 9.17) is 0 Å². The molecule has 0 N–H and O–H groups in total. The van der Waals surface area contributed by atoms with Crippen molar-refractivity contribution in [2.45, 2.75) is 0 Å². The molecule has 2 aromatic heterocycles. The quantitative estimate of drug-likeness (QED) is 0.119. The van der Waals surface area contributed by atoms with Crippen LogP contribution in [0.1, 0.15) is 0 Å². The average molecular weight is 775 g/mol. The number of aromatic nitrogens is 1. The second-order valence-corrected chi connectivity index (χ2v) is 17.7. The van der Waals surface area contributed by atoms with Gasteiger partial charge in [0.05, 0.1) is 16.7 Å².